The van der Waals surface area contributed by atoms with Gasteiger partial charge in [0.05, 0.1) is 0 Å². The summed E-state index contributed by atoms with van der Waals surface area (Å²) in [5, 5.41) is 0. The van der Waals surface area contributed by atoms with Crippen LogP contribution in [0.2, 0.25) is 0 Å². The van der Waals surface area contributed by atoms with Gasteiger partial charge in [0.1, 0.15) is 0 Å². The largest absolute Gasteiger partial charge is 0.298 e. The molecule has 0 radical (unpaired) electrons. The van der Waals surface area contributed by atoms with Crippen molar-refractivity contribution >= 4 is 31.0 Å². The number of carbonyl (C=O) groups excluding carboxylic acids is 3. The fourth-order valence-electron chi connectivity index (χ4n) is 1.48. The Kier molecular flexibility index (Phi) is 6.40. The molecule has 0 aliphatic rings. The molecule has 1 aromatic rings. The quantitative estimate of drug-likeness (QED) is 0.286. The molecule has 0 saturated heterocycles. The Morgan fingerprint density at radius 3 is 2.05 bits per heavy atom. The van der Waals surface area contributed by atoms with Gasteiger partial charge in [0.2, 0.25) is 0 Å². The van der Waals surface area contributed by atoms with E-state index in [1.165, 1.54) is 18.2 Å². The minimum absolute atomic E-state index is 0.221. The van der Waals surface area contributed by atoms with Crippen molar-refractivity contribution < 1.29 is 14.4 Å². The molecule has 0 saturated carbocycles. The minimum atomic E-state index is -0.283. The van der Waals surface area contributed by atoms with E-state index in [2.05, 4.69) is 12.6 Å². The van der Waals surface area contributed by atoms with Gasteiger partial charge >= 0.3 is 0 Å². The van der Waals surface area contributed by atoms with E-state index in [9.17, 15) is 14.4 Å². The molecule has 4 heteroatoms. The molecule has 0 spiro atoms. The lowest BCUT2D eigenvalue weighted by Gasteiger charge is -2.04. The molecule has 0 bridgehead atoms. The zero-order valence-corrected chi connectivity index (χ0v) is 11.8. The summed E-state index contributed by atoms with van der Waals surface area (Å²) < 4.78 is 0. The van der Waals surface area contributed by atoms with Gasteiger partial charge in [0, 0.05) is 21.6 Å². The van der Waals surface area contributed by atoms with E-state index in [1.54, 1.807) is 18.2 Å². The number of carbonyl (C=O) groups is 3. The van der Waals surface area contributed by atoms with E-state index in [1.807, 2.05) is 19.1 Å². The summed E-state index contributed by atoms with van der Waals surface area (Å²) in [4.78, 5) is 34.0. The molecule has 0 aliphatic carbocycles. The lowest BCUT2D eigenvalue weighted by atomic mass is 10.0. The van der Waals surface area contributed by atoms with Gasteiger partial charge in [-0.3, -0.25) is 14.4 Å². The van der Waals surface area contributed by atoms with Crippen molar-refractivity contribution in [1.29, 1.82) is 0 Å². The van der Waals surface area contributed by atoms with Gasteiger partial charge in [-0.05, 0) is 25.1 Å². The number of hydrogen-bond donors (Lipinski definition) is 1. The smallest absolute Gasteiger partial charge is 0.185 e. The second-order valence-electron chi connectivity index (χ2n) is 3.87. The fraction of sp³-hybridized carbons (Fsp3) is 0.0625. The van der Waals surface area contributed by atoms with Crippen molar-refractivity contribution in [3.8, 4) is 0 Å². The van der Waals surface area contributed by atoms with Crippen LogP contribution in [0.5, 0.6) is 0 Å². The molecular weight excluding hydrogens is 272 g/mol. The van der Waals surface area contributed by atoms with Gasteiger partial charge in [-0.1, -0.05) is 30.4 Å². The zero-order chi connectivity index (χ0) is 15.0. The molecule has 0 fully saturated rings. The minimum Gasteiger partial charge on any atom is -0.298 e. The Morgan fingerprint density at radius 2 is 1.55 bits per heavy atom. The van der Waals surface area contributed by atoms with Crippen molar-refractivity contribution in [2.45, 2.75) is 11.8 Å². The molecule has 20 heavy (non-hydrogen) atoms. The van der Waals surface area contributed by atoms with Gasteiger partial charge in [-0.25, -0.2) is 0 Å². The van der Waals surface area contributed by atoms with Crippen LogP contribution in [0.4, 0.5) is 0 Å². The van der Waals surface area contributed by atoms with Crippen LogP contribution in [0.15, 0.2) is 53.5 Å². The molecule has 1 aromatic carbocycles. The van der Waals surface area contributed by atoms with Crippen LogP contribution in [0.25, 0.3) is 0 Å². The van der Waals surface area contributed by atoms with E-state index in [0.29, 0.717) is 12.6 Å². The lowest BCUT2D eigenvalue weighted by molar-refractivity contribution is 0.104. The predicted octanol–water partition coefficient (Wildman–Crippen LogP) is 3.47. The molecule has 102 valence electrons. The van der Waals surface area contributed by atoms with Crippen molar-refractivity contribution in [3.05, 3.63) is 65.3 Å². The standard InChI is InChI=1S/C16H14O3S/c1-2-3-4-5-6-7-15(19)12-8-13(10-17)16(20)14(9-12)11-18/h2-11,20H,1H3. The monoisotopic (exact) mass is 286 g/mol. The normalized spacial score (nSPS) is 11.5. The SMILES string of the molecule is CC=CC=CC=CC(=O)c1cc(C=O)c(S)c(C=O)c1. The summed E-state index contributed by atoms with van der Waals surface area (Å²) in [6.45, 7) is 1.89. The van der Waals surface area contributed by atoms with Crippen molar-refractivity contribution in [3.63, 3.8) is 0 Å². The molecule has 0 N–H and O–H groups in total. The van der Waals surface area contributed by atoms with Crippen molar-refractivity contribution in [1.82, 2.24) is 0 Å². The highest BCUT2D eigenvalue weighted by atomic mass is 32.1. The molecule has 0 unspecified atom stereocenters. The topological polar surface area (TPSA) is 51.2 Å². The highest BCUT2D eigenvalue weighted by Gasteiger charge is 2.10. The van der Waals surface area contributed by atoms with E-state index < -0.39 is 0 Å². The van der Waals surface area contributed by atoms with Gasteiger partial charge in [0.25, 0.3) is 0 Å². The van der Waals surface area contributed by atoms with Crippen LogP contribution in [0, 0.1) is 0 Å². The Balaban J connectivity index is 3.04. The number of aldehydes is 2. The predicted molar refractivity (Wildman–Crippen MR) is 81.9 cm³/mol. The van der Waals surface area contributed by atoms with Crippen LogP contribution in [-0.4, -0.2) is 18.4 Å². The molecule has 0 aliphatic heterocycles. The third-order valence-electron chi connectivity index (χ3n) is 2.48. The molecule has 0 amide bonds. The first-order valence-electron chi connectivity index (χ1n) is 5.91. The average molecular weight is 286 g/mol. The maximum atomic E-state index is 11.9. The number of benzene rings is 1. The molecule has 1 rings (SSSR count). The molecular formula is C16H14O3S. The first-order chi connectivity index (χ1) is 9.63. The summed E-state index contributed by atoms with van der Waals surface area (Å²) in [5.74, 6) is -0.283. The highest BCUT2D eigenvalue weighted by molar-refractivity contribution is 7.80. The van der Waals surface area contributed by atoms with Crippen LogP contribution < -0.4 is 0 Å². The first-order valence-corrected chi connectivity index (χ1v) is 6.36. The van der Waals surface area contributed by atoms with E-state index >= 15 is 0 Å². The van der Waals surface area contributed by atoms with Crippen LogP contribution in [-0.2, 0) is 0 Å². The second kappa shape index (κ2) is 8.07. The van der Waals surface area contributed by atoms with E-state index in [0.717, 1.165) is 0 Å². The summed E-state index contributed by atoms with van der Waals surface area (Å²) in [5.41, 5.74) is 0.723. The maximum Gasteiger partial charge on any atom is 0.185 e. The lowest BCUT2D eigenvalue weighted by Crippen LogP contribution is -2.00. The number of ketones is 1. The maximum absolute atomic E-state index is 11.9. The summed E-state index contributed by atoms with van der Waals surface area (Å²) >= 11 is 4.09. The van der Waals surface area contributed by atoms with Crippen molar-refractivity contribution in [2.24, 2.45) is 0 Å². The first kappa shape index (κ1) is 15.9. The summed E-state index contributed by atoms with van der Waals surface area (Å²) in [6.07, 6.45) is 11.3. The third-order valence-corrected chi connectivity index (χ3v) is 3.00. The van der Waals surface area contributed by atoms with Gasteiger partial charge in [0.15, 0.2) is 18.4 Å². The second-order valence-corrected chi connectivity index (χ2v) is 4.32. The Bertz CT molecular complexity index is 581. The van der Waals surface area contributed by atoms with Crippen LogP contribution in [0.3, 0.4) is 0 Å². The number of hydrogen-bond acceptors (Lipinski definition) is 4. The Labute approximate surface area is 123 Å². The van der Waals surface area contributed by atoms with E-state index in [4.69, 9.17) is 0 Å². The average Bonchev–Trinajstić information content (AvgIpc) is 2.47. The Hall–Kier alpha value is -2.20. The van der Waals surface area contributed by atoms with Crippen molar-refractivity contribution in [2.75, 3.05) is 0 Å². The van der Waals surface area contributed by atoms with Gasteiger partial charge < -0.3 is 0 Å². The van der Waals surface area contributed by atoms with E-state index in [-0.39, 0.29) is 27.4 Å². The van der Waals surface area contributed by atoms with Gasteiger partial charge in [-0.2, -0.15) is 0 Å². The number of rotatable bonds is 6. The fourth-order valence-corrected chi connectivity index (χ4v) is 1.72. The highest BCUT2D eigenvalue weighted by Crippen LogP contribution is 2.19. The third kappa shape index (κ3) is 4.17. The molecule has 3 nitrogen and oxygen atoms in total. The molecule has 0 heterocycles. The summed E-state index contributed by atoms with van der Waals surface area (Å²) in [6, 6.07) is 2.84. The number of thiol groups is 1. The van der Waals surface area contributed by atoms with Gasteiger partial charge in [-0.15, -0.1) is 12.6 Å². The zero-order valence-electron chi connectivity index (χ0n) is 10.9. The van der Waals surface area contributed by atoms with Crippen LogP contribution >= 0.6 is 12.6 Å². The number of allylic oxidation sites excluding steroid dienone is 6. The van der Waals surface area contributed by atoms with Crippen LogP contribution in [0.1, 0.15) is 38.0 Å². The molecule has 0 atom stereocenters. The Morgan fingerprint density at radius 1 is 1.00 bits per heavy atom. The summed E-state index contributed by atoms with van der Waals surface area (Å²) in [7, 11) is 0. The molecule has 0 aromatic heterocycles.